The lowest BCUT2D eigenvalue weighted by atomic mass is 10.2. The van der Waals surface area contributed by atoms with Crippen LogP contribution < -0.4 is 10.1 Å². The fourth-order valence-corrected chi connectivity index (χ4v) is 1.91. The summed E-state index contributed by atoms with van der Waals surface area (Å²) in [6.07, 6.45) is 0. The van der Waals surface area contributed by atoms with Crippen LogP contribution in [0.2, 0.25) is 0 Å². The van der Waals surface area contributed by atoms with Gasteiger partial charge in [-0.2, -0.15) is 8.78 Å². The molecule has 0 saturated carbocycles. The average molecular weight is 281 g/mol. The number of halogens is 2. The highest BCUT2D eigenvalue weighted by Gasteiger charge is 2.12. The molecule has 0 fully saturated rings. The summed E-state index contributed by atoms with van der Waals surface area (Å²) in [5.74, 6) is 1.85. The predicted molar refractivity (Wildman–Crippen MR) is 71.8 cm³/mol. The molecular formula is C15H17F2NO2. The van der Waals surface area contributed by atoms with E-state index in [0.29, 0.717) is 12.1 Å². The number of furan rings is 1. The summed E-state index contributed by atoms with van der Waals surface area (Å²) < 4.78 is 34.6. The molecule has 5 heteroatoms. The van der Waals surface area contributed by atoms with E-state index in [1.165, 1.54) is 6.07 Å². The number of hydrogen-bond donors (Lipinski definition) is 1. The summed E-state index contributed by atoms with van der Waals surface area (Å²) in [7, 11) is 0. The van der Waals surface area contributed by atoms with E-state index < -0.39 is 6.61 Å². The summed E-state index contributed by atoms with van der Waals surface area (Å²) in [6, 6.07) is 10.5. The number of alkyl halides is 2. The summed E-state index contributed by atoms with van der Waals surface area (Å²) in [4.78, 5) is 0. The average Bonchev–Trinajstić information content (AvgIpc) is 2.83. The third-order valence-corrected chi connectivity index (χ3v) is 2.98. The second-order valence-electron chi connectivity index (χ2n) is 4.54. The van der Waals surface area contributed by atoms with Crippen LogP contribution in [0.25, 0.3) is 0 Å². The Balaban J connectivity index is 2.00. The zero-order valence-electron chi connectivity index (χ0n) is 11.4. The van der Waals surface area contributed by atoms with Gasteiger partial charge in [-0.05, 0) is 32.0 Å². The van der Waals surface area contributed by atoms with E-state index >= 15 is 0 Å². The smallest absolute Gasteiger partial charge is 0.387 e. The standard InChI is InChI=1S/C15H17F2NO2/c1-10-7-8-13(19-10)11(2)18-9-12-5-3-4-6-14(12)20-15(16)17/h3-8,11,15,18H,9H2,1-2H3. The highest BCUT2D eigenvalue weighted by molar-refractivity contribution is 5.33. The van der Waals surface area contributed by atoms with Gasteiger partial charge in [-0.25, -0.2) is 0 Å². The van der Waals surface area contributed by atoms with Crippen LogP contribution in [0.4, 0.5) is 8.78 Å². The maximum Gasteiger partial charge on any atom is 0.387 e. The Morgan fingerprint density at radius 2 is 1.95 bits per heavy atom. The van der Waals surface area contributed by atoms with Crippen molar-refractivity contribution in [1.82, 2.24) is 5.32 Å². The highest BCUT2D eigenvalue weighted by Crippen LogP contribution is 2.22. The number of aryl methyl sites for hydroxylation is 1. The van der Waals surface area contributed by atoms with Crippen LogP contribution >= 0.6 is 0 Å². The number of rotatable bonds is 6. The minimum absolute atomic E-state index is 0.0108. The summed E-state index contributed by atoms with van der Waals surface area (Å²) in [6.45, 7) is 1.43. The SMILES string of the molecule is Cc1ccc(C(C)NCc2ccccc2OC(F)F)o1. The molecule has 2 rings (SSSR count). The van der Waals surface area contributed by atoms with Crippen LogP contribution in [0, 0.1) is 6.92 Å². The molecule has 20 heavy (non-hydrogen) atoms. The topological polar surface area (TPSA) is 34.4 Å². The first-order chi connectivity index (χ1) is 9.56. The monoisotopic (exact) mass is 281 g/mol. The predicted octanol–water partition coefficient (Wildman–Crippen LogP) is 4.04. The Kier molecular flexibility index (Phi) is 4.74. The molecule has 2 aromatic rings. The maximum absolute atomic E-state index is 12.3. The van der Waals surface area contributed by atoms with Crippen molar-refractivity contribution < 1.29 is 17.9 Å². The van der Waals surface area contributed by atoms with E-state index in [2.05, 4.69) is 10.1 Å². The van der Waals surface area contributed by atoms with Crippen LogP contribution in [0.15, 0.2) is 40.8 Å². The van der Waals surface area contributed by atoms with Gasteiger partial charge in [0.25, 0.3) is 0 Å². The molecule has 0 saturated heterocycles. The Hall–Kier alpha value is -1.88. The van der Waals surface area contributed by atoms with Gasteiger partial charge in [0.2, 0.25) is 0 Å². The molecule has 1 heterocycles. The molecule has 3 nitrogen and oxygen atoms in total. The van der Waals surface area contributed by atoms with Crippen LogP contribution in [-0.2, 0) is 6.54 Å². The molecule has 108 valence electrons. The second kappa shape index (κ2) is 6.52. The van der Waals surface area contributed by atoms with Gasteiger partial charge >= 0.3 is 6.61 Å². The van der Waals surface area contributed by atoms with Gasteiger partial charge in [0, 0.05) is 12.1 Å². The van der Waals surface area contributed by atoms with Crippen LogP contribution in [-0.4, -0.2) is 6.61 Å². The van der Waals surface area contributed by atoms with Crippen molar-refractivity contribution in [1.29, 1.82) is 0 Å². The van der Waals surface area contributed by atoms with Gasteiger partial charge in [0.15, 0.2) is 0 Å². The summed E-state index contributed by atoms with van der Waals surface area (Å²) >= 11 is 0. The van der Waals surface area contributed by atoms with Crippen molar-refractivity contribution in [3.63, 3.8) is 0 Å². The van der Waals surface area contributed by atoms with Gasteiger partial charge < -0.3 is 14.5 Å². The molecule has 1 N–H and O–H groups in total. The van der Waals surface area contributed by atoms with E-state index in [9.17, 15) is 8.78 Å². The fourth-order valence-electron chi connectivity index (χ4n) is 1.91. The maximum atomic E-state index is 12.3. The Morgan fingerprint density at radius 1 is 1.20 bits per heavy atom. The van der Waals surface area contributed by atoms with Crippen LogP contribution in [0.1, 0.15) is 30.0 Å². The molecule has 0 bridgehead atoms. The molecule has 1 unspecified atom stereocenters. The van der Waals surface area contributed by atoms with Crippen molar-refractivity contribution >= 4 is 0 Å². The van der Waals surface area contributed by atoms with Crippen molar-refractivity contribution in [2.45, 2.75) is 33.0 Å². The van der Waals surface area contributed by atoms with E-state index in [-0.39, 0.29) is 11.8 Å². The molecule has 0 aliphatic rings. The van der Waals surface area contributed by atoms with Gasteiger partial charge in [-0.3, -0.25) is 0 Å². The zero-order chi connectivity index (χ0) is 14.5. The highest BCUT2D eigenvalue weighted by atomic mass is 19.3. The molecule has 1 atom stereocenters. The number of para-hydroxylation sites is 1. The second-order valence-corrected chi connectivity index (χ2v) is 4.54. The first kappa shape index (κ1) is 14.5. The van der Waals surface area contributed by atoms with Crippen molar-refractivity contribution in [3.05, 3.63) is 53.5 Å². The summed E-state index contributed by atoms with van der Waals surface area (Å²) in [5.41, 5.74) is 0.683. The Labute approximate surface area is 116 Å². The number of nitrogens with one attached hydrogen (secondary N) is 1. The molecule has 0 radical (unpaired) electrons. The normalized spacial score (nSPS) is 12.7. The van der Waals surface area contributed by atoms with Crippen molar-refractivity contribution in [2.75, 3.05) is 0 Å². The van der Waals surface area contributed by atoms with Gasteiger partial charge in [-0.15, -0.1) is 0 Å². The minimum Gasteiger partial charge on any atom is -0.465 e. The largest absolute Gasteiger partial charge is 0.465 e. The third-order valence-electron chi connectivity index (χ3n) is 2.98. The van der Waals surface area contributed by atoms with Crippen LogP contribution in [0.3, 0.4) is 0 Å². The number of ether oxygens (including phenoxy) is 1. The van der Waals surface area contributed by atoms with Gasteiger partial charge in [0.1, 0.15) is 17.3 Å². The lowest BCUT2D eigenvalue weighted by Crippen LogP contribution is -2.18. The number of hydrogen-bond acceptors (Lipinski definition) is 3. The zero-order valence-corrected chi connectivity index (χ0v) is 11.4. The van der Waals surface area contributed by atoms with Gasteiger partial charge in [-0.1, -0.05) is 18.2 Å². The van der Waals surface area contributed by atoms with E-state index in [0.717, 1.165) is 11.5 Å². The van der Waals surface area contributed by atoms with Gasteiger partial charge in [0.05, 0.1) is 6.04 Å². The molecule has 0 aliphatic carbocycles. The molecule has 1 aromatic heterocycles. The molecule has 0 spiro atoms. The Bertz CT molecular complexity index is 554. The van der Waals surface area contributed by atoms with Crippen LogP contribution in [0.5, 0.6) is 5.75 Å². The number of benzene rings is 1. The van der Waals surface area contributed by atoms with Crippen molar-refractivity contribution in [3.8, 4) is 5.75 Å². The molecule has 0 aliphatic heterocycles. The first-order valence-electron chi connectivity index (χ1n) is 6.38. The third kappa shape index (κ3) is 3.81. The molecular weight excluding hydrogens is 264 g/mol. The Morgan fingerprint density at radius 3 is 2.60 bits per heavy atom. The van der Waals surface area contributed by atoms with E-state index in [4.69, 9.17) is 4.42 Å². The van der Waals surface area contributed by atoms with E-state index in [1.807, 2.05) is 26.0 Å². The molecule has 1 aromatic carbocycles. The molecule has 0 amide bonds. The van der Waals surface area contributed by atoms with E-state index in [1.54, 1.807) is 18.2 Å². The minimum atomic E-state index is -2.82. The van der Waals surface area contributed by atoms with Crippen molar-refractivity contribution in [2.24, 2.45) is 0 Å². The lowest BCUT2D eigenvalue weighted by Gasteiger charge is -2.14. The lowest BCUT2D eigenvalue weighted by molar-refractivity contribution is -0.0505. The summed E-state index contributed by atoms with van der Waals surface area (Å²) in [5, 5.41) is 3.22. The first-order valence-corrected chi connectivity index (χ1v) is 6.38. The fraction of sp³-hybridized carbons (Fsp3) is 0.333. The quantitative estimate of drug-likeness (QED) is 0.867.